The van der Waals surface area contributed by atoms with E-state index in [2.05, 4.69) is 5.32 Å². The fourth-order valence-electron chi connectivity index (χ4n) is 3.10. The van der Waals surface area contributed by atoms with Crippen LogP contribution in [-0.2, 0) is 9.59 Å². The maximum absolute atomic E-state index is 11.9. The molecule has 1 aliphatic carbocycles. The number of nitrogens with one attached hydrogen (secondary N) is 1. The van der Waals surface area contributed by atoms with E-state index >= 15 is 0 Å². The van der Waals surface area contributed by atoms with Crippen molar-refractivity contribution < 1.29 is 19.4 Å². The summed E-state index contributed by atoms with van der Waals surface area (Å²) >= 11 is 0. The summed E-state index contributed by atoms with van der Waals surface area (Å²) in [4.78, 5) is 23.2. The molecule has 0 bridgehead atoms. The fraction of sp³-hybridized carbons (Fsp3) is 0.556. The van der Waals surface area contributed by atoms with Gasteiger partial charge in [-0.05, 0) is 49.8 Å². The summed E-state index contributed by atoms with van der Waals surface area (Å²) in [6.45, 7) is 4.32. The lowest BCUT2D eigenvalue weighted by molar-refractivity contribution is -0.145. The van der Waals surface area contributed by atoms with E-state index in [1.54, 1.807) is 0 Å². The Morgan fingerprint density at radius 3 is 2.74 bits per heavy atom. The van der Waals surface area contributed by atoms with Crippen LogP contribution in [0.5, 0.6) is 5.75 Å². The third-order valence-corrected chi connectivity index (χ3v) is 4.70. The number of ether oxygens (including phenoxy) is 1. The number of carboxylic acids is 1. The van der Waals surface area contributed by atoms with Crippen molar-refractivity contribution in [3.63, 3.8) is 0 Å². The van der Waals surface area contributed by atoms with Crippen LogP contribution in [0.15, 0.2) is 18.2 Å². The van der Waals surface area contributed by atoms with Gasteiger partial charge >= 0.3 is 5.97 Å². The lowest BCUT2D eigenvalue weighted by Gasteiger charge is -2.28. The quantitative estimate of drug-likeness (QED) is 0.845. The molecule has 5 nitrogen and oxygen atoms in total. The van der Waals surface area contributed by atoms with Crippen molar-refractivity contribution in [3.05, 3.63) is 29.3 Å². The van der Waals surface area contributed by atoms with Crippen molar-refractivity contribution in [3.8, 4) is 5.75 Å². The van der Waals surface area contributed by atoms with E-state index < -0.39 is 5.97 Å². The third-order valence-electron chi connectivity index (χ3n) is 4.70. The summed E-state index contributed by atoms with van der Waals surface area (Å²) in [7, 11) is 0. The van der Waals surface area contributed by atoms with Crippen molar-refractivity contribution in [2.75, 3.05) is 13.2 Å². The molecule has 1 aromatic rings. The Balaban J connectivity index is 1.80. The van der Waals surface area contributed by atoms with Gasteiger partial charge in [0.2, 0.25) is 0 Å². The number of benzene rings is 1. The van der Waals surface area contributed by atoms with Crippen LogP contribution in [0.3, 0.4) is 0 Å². The first-order chi connectivity index (χ1) is 11.0. The Morgan fingerprint density at radius 2 is 2.00 bits per heavy atom. The van der Waals surface area contributed by atoms with Crippen molar-refractivity contribution in [1.82, 2.24) is 5.32 Å². The first kappa shape index (κ1) is 17.3. The summed E-state index contributed by atoms with van der Waals surface area (Å²) in [5.74, 6) is -0.577. The Bertz CT molecular complexity index is 570. The Morgan fingerprint density at radius 1 is 1.26 bits per heavy atom. The van der Waals surface area contributed by atoms with Gasteiger partial charge in [0.05, 0.1) is 5.92 Å². The highest BCUT2D eigenvalue weighted by Crippen LogP contribution is 2.29. The lowest BCUT2D eigenvalue weighted by atomic mass is 9.79. The molecule has 1 aliphatic rings. The molecule has 1 aromatic carbocycles. The van der Waals surface area contributed by atoms with Crippen molar-refractivity contribution in [1.29, 1.82) is 0 Å². The molecule has 2 N–H and O–H groups in total. The monoisotopic (exact) mass is 319 g/mol. The highest BCUT2D eigenvalue weighted by atomic mass is 16.5. The van der Waals surface area contributed by atoms with Crippen LogP contribution in [-0.4, -0.2) is 30.1 Å². The van der Waals surface area contributed by atoms with Gasteiger partial charge in [-0.2, -0.15) is 0 Å². The number of carbonyl (C=O) groups excluding carboxylic acids is 1. The van der Waals surface area contributed by atoms with Gasteiger partial charge in [-0.25, -0.2) is 0 Å². The van der Waals surface area contributed by atoms with Gasteiger partial charge in [-0.1, -0.05) is 25.0 Å². The molecule has 23 heavy (non-hydrogen) atoms. The second-order valence-electron chi connectivity index (χ2n) is 6.28. The minimum absolute atomic E-state index is 0.0194. The average molecular weight is 319 g/mol. The molecule has 0 aromatic heterocycles. The van der Waals surface area contributed by atoms with Crippen LogP contribution < -0.4 is 10.1 Å². The minimum Gasteiger partial charge on any atom is -0.483 e. The second-order valence-corrected chi connectivity index (χ2v) is 6.28. The Kier molecular flexibility index (Phi) is 6.02. The average Bonchev–Trinajstić information content (AvgIpc) is 2.54. The van der Waals surface area contributed by atoms with E-state index in [0.717, 1.165) is 30.4 Å². The molecule has 1 fully saturated rings. The van der Waals surface area contributed by atoms with Crippen LogP contribution in [0.2, 0.25) is 0 Å². The molecule has 0 unspecified atom stereocenters. The van der Waals surface area contributed by atoms with Crippen molar-refractivity contribution >= 4 is 11.9 Å². The molecular weight excluding hydrogens is 294 g/mol. The normalized spacial score (nSPS) is 20.8. The van der Waals surface area contributed by atoms with E-state index in [9.17, 15) is 14.7 Å². The summed E-state index contributed by atoms with van der Waals surface area (Å²) in [5, 5.41) is 12.1. The number of aryl methyl sites for hydroxylation is 1. The lowest BCUT2D eigenvalue weighted by Crippen LogP contribution is -2.38. The molecule has 0 heterocycles. The summed E-state index contributed by atoms with van der Waals surface area (Å²) in [5.41, 5.74) is 2.15. The van der Waals surface area contributed by atoms with Crippen LogP contribution in [0, 0.1) is 25.7 Å². The molecule has 5 heteroatoms. The van der Waals surface area contributed by atoms with E-state index in [-0.39, 0.29) is 24.3 Å². The molecular formula is C18H25NO4. The molecule has 0 aliphatic heterocycles. The number of carboxylic acid groups (broad SMARTS) is 1. The molecule has 2 rings (SSSR count). The van der Waals surface area contributed by atoms with Gasteiger partial charge in [0, 0.05) is 6.54 Å². The van der Waals surface area contributed by atoms with E-state index in [0.29, 0.717) is 18.7 Å². The van der Waals surface area contributed by atoms with E-state index in [1.165, 1.54) is 0 Å². The van der Waals surface area contributed by atoms with Gasteiger partial charge in [-0.3, -0.25) is 9.59 Å². The Hall–Kier alpha value is -2.04. The van der Waals surface area contributed by atoms with Gasteiger partial charge in [0.25, 0.3) is 5.91 Å². The summed E-state index contributed by atoms with van der Waals surface area (Å²) < 4.78 is 5.57. The predicted molar refractivity (Wildman–Crippen MR) is 87.5 cm³/mol. The number of hydrogen-bond acceptors (Lipinski definition) is 3. The van der Waals surface area contributed by atoms with Gasteiger partial charge in [-0.15, -0.1) is 0 Å². The molecule has 126 valence electrons. The zero-order valence-electron chi connectivity index (χ0n) is 13.8. The van der Waals surface area contributed by atoms with Crippen LogP contribution in [0.25, 0.3) is 0 Å². The van der Waals surface area contributed by atoms with Gasteiger partial charge in [0.1, 0.15) is 5.75 Å². The first-order valence-electron chi connectivity index (χ1n) is 8.17. The SMILES string of the molecule is Cc1cccc(OCC(=O)NC[C@@H]2CCCC[C@@H]2C(=O)O)c1C. The number of hydrogen-bond donors (Lipinski definition) is 2. The van der Waals surface area contributed by atoms with Crippen molar-refractivity contribution in [2.45, 2.75) is 39.5 Å². The number of carbonyl (C=O) groups is 2. The standard InChI is InChI=1S/C18H25NO4/c1-12-6-5-9-16(13(12)2)23-11-17(20)19-10-14-7-3-4-8-15(14)18(21)22/h5-6,9,14-15H,3-4,7-8,10-11H2,1-2H3,(H,19,20)(H,21,22)/t14-,15-/m0/s1. The molecule has 0 saturated heterocycles. The van der Waals surface area contributed by atoms with Crippen LogP contribution in [0.4, 0.5) is 0 Å². The zero-order chi connectivity index (χ0) is 16.8. The highest BCUT2D eigenvalue weighted by molar-refractivity contribution is 5.77. The highest BCUT2D eigenvalue weighted by Gasteiger charge is 2.30. The molecule has 1 amide bonds. The van der Waals surface area contributed by atoms with Crippen LogP contribution >= 0.6 is 0 Å². The first-order valence-corrected chi connectivity index (χ1v) is 8.17. The molecule has 2 atom stereocenters. The number of amides is 1. The largest absolute Gasteiger partial charge is 0.483 e. The fourth-order valence-corrected chi connectivity index (χ4v) is 3.10. The number of aliphatic carboxylic acids is 1. The van der Waals surface area contributed by atoms with Gasteiger partial charge < -0.3 is 15.2 Å². The predicted octanol–water partition coefficient (Wildman–Crippen LogP) is 2.69. The topological polar surface area (TPSA) is 75.6 Å². The number of rotatable bonds is 6. The second kappa shape index (κ2) is 7.99. The summed E-state index contributed by atoms with van der Waals surface area (Å²) in [6.07, 6.45) is 3.55. The van der Waals surface area contributed by atoms with Crippen LogP contribution in [0.1, 0.15) is 36.8 Å². The van der Waals surface area contributed by atoms with Crippen molar-refractivity contribution in [2.24, 2.45) is 11.8 Å². The van der Waals surface area contributed by atoms with E-state index in [1.807, 2.05) is 32.0 Å². The maximum atomic E-state index is 11.9. The Labute approximate surface area is 137 Å². The minimum atomic E-state index is -0.754. The summed E-state index contributed by atoms with van der Waals surface area (Å²) in [6, 6.07) is 5.74. The molecule has 1 saturated carbocycles. The van der Waals surface area contributed by atoms with Gasteiger partial charge in [0.15, 0.2) is 6.61 Å². The zero-order valence-corrected chi connectivity index (χ0v) is 13.8. The van der Waals surface area contributed by atoms with E-state index in [4.69, 9.17) is 4.74 Å². The maximum Gasteiger partial charge on any atom is 0.306 e. The third kappa shape index (κ3) is 4.71. The molecule has 0 spiro atoms. The smallest absolute Gasteiger partial charge is 0.306 e. The molecule has 0 radical (unpaired) electrons.